The number of hydrogen-bond donors (Lipinski definition) is 1. The van der Waals surface area contributed by atoms with Gasteiger partial charge in [-0.05, 0) is 25.2 Å². The molecule has 2 atom stereocenters. The van der Waals surface area contributed by atoms with Crippen LogP contribution in [0.4, 0.5) is 5.95 Å². The first-order chi connectivity index (χ1) is 7.25. The van der Waals surface area contributed by atoms with Gasteiger partial charge in [0.15, 0.2) is 0 Å². The van der Waals surface area contributed by atoms with E-state index in [-0.39, 0.29) is 12.1 Å². The van der Waals surface area contributed by atoms with Crippen molar-refractivity contribution in [2.75, 3.05) is 5.73 Å². The van der Waals surface area contributed by atoms with Crippen LogP contribution in [-0.2, 0) is 0 Å². The van der Waals surface area contributed by atoms with Gasteiger partial charge in [-0.3, -0.25) is 0 Å². The third-order valence-electron chi connectivity index (χ3n) is 2.95. The zero-order chi connectivity index (χ0) is 10.7. The molecule has 0 spiro atoms. The van der Waals surface area contributed by atoms with Gasteiger partial charge < -0.3 is 10.5 Å². The van der Waals surface area contributed by atoms with Gasteiger partial charge in [0.05, 0.1) is 0 Å². The predicted molar refractivity (Wildman–Crippen MR) is 58.5 cm³/mol. The molecule has 0 amide bonds. The van der Waals surface area contributed by atoms with Gasteiger partial charge in [0.2, 0.25) is 11.8 Å². The lowest BCUT2D eigenvalue weighted by atomic mass is 9.88. The van der Waals surface area contributed by atoms with Gasteiger partial charge in [0.25, 0.3) is 0 Å². The van der Waals surface area contributed by atoms with E-state index < -0.39 is 0 Å². The minimum absolute atomic E-state index is 0.274. The standard InChI is InChI=1S/C11H17N3O/c1-8-4-2-3-5-9(8)15-10-6-7-13-11(12)14-10/h6-9H,2-5H2,1H3,(H2,12,13,14). The summed E-state index contributed by atoms with van der Waals surface area (Å²) in [5.41, 5.74) is 5.50. The summed E-state index contributed by atoms with van der Waals surface area (Å²) in [6, 6.07) is 1.76. The molecule has 0 aliphatic heterocycles. The van der Waals surface area contributed by atoms with Crippen LogP contribution in [0, 0.1) is 5.92 Å². The van der Waals surface area contributed by atoms with E-state index in [1.165, 1.54) is 19.3 Å². The molecule has 2 rings (SSSR count). The maximum atomic E-state index is 5.82. The zero-order valence-electron chi connectivity index (χ0n) is 9.02. The molecule has 1 fully saturated rings. The fraction of sp³-hybridized carbons (Fsp3) is 0.636. The minimum Gasteiger partial charge on any atom is -0.474 e. The summed E-state index contributed by atoms with van der Waals surface area (Å²) in [4.78, 5) is 7.88. The average Bonchev–Trinajstić information content (AvgIpc) is 2.22. The van der Waals surface area contributed by atoms with Crippen molar-refractivity contribution in [1.82, 2.24) is 9.97 Å². The van der Waals surface area contributed by atoms with Gasteiger partial charge in [-0.25, -0.2) is 4.98 Å². The van der Waals surface area contributed by atoms with E-state index >= 15 is 0 Å². The van der Waals surface area contributed by atoms with Crippen LogP contribution in [0.25, 0.3) is 0 Å². The van der Waals surface area contributed by atoms with Gasteiger partial charge in [0, 0.05) is 12.3 Å². The second-order valence-corrected chi connectivity index (χ2v) is 4.17. The largest absolute Gasteiger partial charge is 0.474 e. The number of nitrogens with zero attached hydrogens (tertiary/aromatic N) is 2. The van der Waals surface area contributed by atoms with Gasteiger partial charge in [0.1, 0.15) is 6.10 Å². The molecule has 1 aromatic heterocycles. The van der Waals surface area contributed by atoms with Crippen molar-refractivity contribution in [3.05, 3.63) is 12.3 Å². The summed E-state index contributed by atoms with van der Waals surface area (Å²) < 4.78 is 5.82. The number of hydrogen-bond acceptors (Lipinski definition) is 4. The monoisotopic (exact) mass is 207 g/mol. The first-order valence-electron chi connectivity index (χ1n) is 5.51. The molecule has 82 valence electrons. The van der Waals surface area contributed by atoms with Crippen molar-refractivity contribution >= 4 is 5.95 Å². The molecule has 2 unspecified atom stereocenters. The van der Waals surface area contributed by atoms with Crippen molar-refractivity contribution in [3.8, 4) is 5.88 Å². The summed E-state index contributed by atoms with van der Waals surface area (Å²) in [7, 11) is 0. The van der Waals surface area contributed by atoms with Gasteiger partial charge >= 0.3 is 0 Å². The summed E-state index contributed by atoms with van der Waals surface area (Å²) in [5, 5.41) is 0. The van der Waals surface area contributed by atoms with Crippen molar-refractivity contribution < 1.29 is 4.74 Å². The maximum Gasteiger partial charge on any atom is 0.223 e. The first kappa shape index (κ1) is 10.2. The maximum absolute atomic E-state index is 5.82. The highest BCUT2D eigenvalue weighted by Gasteiger charge is 2.23. The Hall–Kier alpha value is -1.32. The molecule has 1 aliphatic rings. The number of nitrogen functional groups attached to an aromatic ring is 1. The van der Waals surface area contributed by atoms with Crippen molar-refractivity contribution in [2.24, 2.45) is 5.92 Å². The molecule has 15 heavy (non-hydrogen) atoms. The molecule has 1 heterocycles. The fourth-order valence-electron chi connectivity index (χ4n) is 2.03. The Morgan fingerprint density at radius 2 is 2.20 bits per heavy atom. The number of ether oxygens (including phenoxy) is 1. The molecule has 1 saturated carbocycles. The lowest BCUT2D eigenvalue weighted by Crippen LogP contribution is -2.28. The van der Waals surface area contributed by atoms with E-state index in [1.807, 2.05) is 0 Å². The van der Waals surface area contributed by atoms with Crippen molar-refractivity contribution in [3.63, 3.8) is 0 Å². The van der Waals surface area contributed by atoms with Crippen LogP contribution in [0.1, 0.15) is 32.6 Å². The van der Waals surface area contributed by atoms with Crippen LogP contribution in [0.5, 0.6) is 5.88 Å². The second kappa shape index (κ2) is 4.47. The second-order valence-electron chi connectivity index (χ2n) is 4.17. The molecule has 1 aromatic rings. The van der Waals surface area contributed by atoms with Crippen LogP contribution in [0.3, 0.4) is 0 Å². The van der Waals surface area contributed by atoms with Gasteiger partial charge in [-0.15, -0.1) is 0 Å². The number of rotatable bonds is 2. The van der Waals surface area contributed by atoms with Crippen LogP contribution in [-0.4, -0.2) is 16.1 Å². The molecular weight excluding hydrogens is 190 g/mol. The molecule has 0 saturated heterocycles. The molecule has 1 aliphatic carbocycles. The van der Waals surface area contributed by atoms with E-state index in [0.717, 1.165) is 6.42 Å². The lowest BCUT2D eigenvalue weighted by Gasteiger charge is -2.28. The van der Waals surface area contributed by atoms with E-state index in [9.17, 15) is 0 Å². The number of nitrogens with two attached hydrogens (primary N) is 1. The Balaban J connectivity index is 2.01. The third-order valence-corrected chi connectivity index (χ3v) is 2.95. The number of aromatic nitrogens is 2. The van der Waals surface area contributed by atoms with E-state index in [4.69, 9.17) is 10.5 Å². The summed E-state index contributed by atoms with van der Waals surface area (Å²) >= 11 is 0. The van der Waals surface area contributed by atoms with Crippen LogP contribution < -0.4 is 10.5 Å². The Morgan fingerprint density at radius 3 is 2.93 bits per heavy atom. The molecule has 2 N–H and O–H groups in total. The highest BCUT2D eigenvalue weighted by Crippen LogP contribution is 2.27. The lowest BCUT2D eigenvalue weighted by molar-refractivity contribution is 0.0976. The van der Waals surface area contributed by atoms with E-state index in [1.54, 1.807) is 12.3 Å². The Kier molecular flexibility index (Phi) is 3.04. The van der Waals surface area contributed by atoms with Crippen molar-refractivity contribution in [2.45, 2.75) is 38.7 Å². The van der Waals surface area contributed by atoms with Crippen molar-refractivity contribution in [1.29, 1.82) is 0 Å². The first-order valence-corrected chi connectivity index (χ1v) is 5.51. The summed E-state index contributed by atoms with van der Waals surface area (Å²) in [6.07, 6.45) is 6.83. The van der Waals surface area contributed by atoms with Gasteiger partial charge in [-0.1, -0.05) is 13.3 Å². The quantitative estimate of drug-likeness (QED) is 0.805. The van der Waals surface area contributed by atoms with Crippen LogP contribution in [0.15, 0.2) is 12.3 Å². The molecular formula is C11H17N3O. The third kappa shape index (κ3) is 2.58. The smallest absolute Gasteiger partial charge is 0.223 e. The number of anilines is 1. The van der Waals surface area contributed by atoms with E-state index in [0.29, 0.717) is 11.8 Å². The normalized spacial score (nSPS) is 26.2. The summed E-state index contributed by atoms with van der Waals surface area (Å²) in [5.74, 6) is 1.48. The average molecular weight is 207 g/mol. The van der Waals surface area contributed by atoms with Gasteiger partial charge in [-0.2, -0.15) is 4.98 Å². The highest BCUT2D eigenvalue weighted by atomic mass is 16.5. The fourth-order valence-corrected chi connectivity index (χ4v) is 2.03. The molecule has 0 radical (unpaired) electrons. The van der Waals surface area contributed by atoms with Crippen LogP contribution in [0.2, 0.25) is 0 Å². The Labute approximate surface area is 89.9 Å². The van der Waals surface area contributed by atoms with E-state index in [2.05, 4.69) is 16.9 Å². The molecule has 0 bridgehead atoms. The Morgan fingerprint density at radius 1 is 1.40 bits per heavy atom. The highest BCUT2D eigenvalue weighted by molar-refractivity contribution is 5.20. The molecule has 4 heteroatoms. The predicted octanol–water partition coefficient (Wildman–Crippen LogP) is 2.02. The zero-order valence-corrected chi connectivity index (χ0v) is 9.02. The topological polar surface area (TPSA) is 61.0 Å². The SMILES string of the molecule is CC1CCCCC1Oc1ccnc(N)n1. The van der Waals surface area contributed by atoms with Crippen LogP contribution >= 0.6 is 0 Å². The molecule has 0 aromatic carbocycles. The Bertz CT molecular complexity index is 329. The summed E-state index contributed by atoms with van der Waals surface area (Å²) in [6.45, 7) is 2.23. The minimum atomic E-state index is 0.274. The molecule has 4 nitrogen and oxygen atoms in total.